The zero-order valence-corrected chi connectivity index (χ0v) is 20.3. The van der Waals surface area contributed by atoms with Crippen LogP contribution in [0.25, 0.3) is 0 Å². The molecule has 9 heteroatoms. The molecular formula is C23H21BrClFN2O3S. The van der Waals surface area contributed by atoms with Crippen LogP contribution >= 0.6 is 27.5 Å². The maximum Gasteiger partial charge on any atom is 0.243 e. The van der Waals surface area contributed by atoms with Crippen LogP contribution in [0.1, 0.15) is 24.1 Å². The van der Waals surface area contributed by atoms with Gasteiger partial charge in [0.2, 0.25) is 15.9 Å². The summed E-state index contributed by atoms with van der Waals surface area (Å²) >= 11 is 9.25. The summed E-state index contributed by atoms with van der Waals surface area (Å²) in [6.45, 7) is 1.33. The molecule has 3 aromatic rings. The number of amides is 1. The van der Waals surface area contributed by atoms with Gasteiger partial charge in [0.1, 0.15) is 5.82 Å². The van der Waals surface area contributed by atoms with Crippen molar-refractivity contribution in [2.75, 3.05) is 6.54 Å². The summed E-state index contributed by atoms with van der Waals surface area (Å²) < 4.78 is 41.8. The molecule has 0 aromatic heterocycles. The minimum Gasteiger partial charge on any atom is -0.348 e. The summed E-state index contributed by atoms with van der Waals surface area (Å²) in [6.07, 6.45) is 0. The van der Waals surface area contributed by atoms with Crippen molar-refractivity contribution in [3.8, 4) is 0 Å². The predicted octanol–water partition coefficient (Wildman–Crippen LogP) is 5.31. The third-order valence-corrected chi connectivity index (χ3v) is 7.38. The van der Waals surface area contributed by atoms with Crippen LogP contribution in [0.4, 0.5) is 4.39 Å². The summed E-state index contributed by atoms with van der Waals surface area (Å²) in [4.78, 5) is 12.8. The number of nitrogens with one attached hydrogen (secondary N) is 1. The molecule has 0 aliphatic heterocycles. The van der Waals surface area contributed by atoms with Crippen molar-refractivity contribution in [1.29, 1.82) is 0 Å². The molecule has 0 aliphatic rings. The Balaban J connectivity index is 1.82. The molecule has 168 valence electrons. The highest BCUT2D eigenvalue weighted by Crippen LogP contribution is 2.21. The topological polar surface area (TPSA) is 66.5 Å². The maximum absolute atomic E-state index is 13.3. The van der Waals surface area contributed by atoms with Gasteiger partial charge in [-0.25, -0.2) is 12.8 Å². The van der Waals surface area contributed by atoms with Crippen LogP contribution in [-0.4, -0.2) is 25.2 Å². The molecule has 3 rings (SSSR count). The Labute approximate surface area is 200 Å². The van der Waals surface area contributed by atoms with Crippen molar-refractivity contribution in [2.24, 2.45) is 0 Å². The van der Waals surface area contributed by atoms with Gasteiger partial charge in [-0.15, -0.1) is 0 Å². The smallest absolute Gasteiger partial charge is 0.243 e. The van der Waals surface area contributed by atoms with Crippen LogP contribution in [0.2, 0.25) is 5.02 Å². The van der Waals surface area contributed by atoms with Gasteiger partial charge in [-0.2, -0.15) is 4.31 Å². The number of hydrogen-bond donors (Lipinski definition) is 1. The molecule has 3 aromatic carbocycles. The van der Waals surface area contributed by atoms with E-state index >= 15 is 0 Å². The van der Waals surface area contributed by atoms with E-state index in [1.54, 1.807) is 0 Å². The first kappa shape index (κ1) is 24.4. The SMILES string of the molecule is C[C@@H](NC(=O)CN(Cc1ccc(F)cc1)S(=O)(=O)c1ccc(Cl)cc1)c1ccc(Br)cc1. The quantitative estimate of drug-likeness (QED) is 0.422. The fraction of sp³-hybridized carbons (Fsp3) is 0.174. The monoisotopic (exact) mass is 538 g/mol. The van der Waals surface area contributed by atoms with Gasteiger partial charge in [0.25, 0.3) is 0 Å². The zero-order valence-electron chi connectivity index (χ0n) is 17.1. The molecule has 0 aliphatic carbocycles. The number of halogens is 3. The zero-order chi connectivity index (χ0) is 23.3. The number of carbonyl (C=O) groups excluding carboxylic acids is 1. The molecule has 0 saturated carbocycles. The van der Waals surface area contributed by atoms with E-state index in [9.17, 15) is 17.6 Å². The Morgan fingerprint density at radius 3 is 2.22 bits per heavy atom. The van der Waals surface area contributed by atoms with Crippen molar-refractivity contribution in [3.05, 3.63) is 99.2 Å². The highest BCUT2D eigenvalue weighted by Gasteiger charge is 2.27. The lowest BCUT2D eigenvalue weighted by molar-refractivity contribution is -0.122. The van der Waals surface area contributed by atoms with E-state index in [1.807, 2.05) is 31.2 Å². The number of carbonyl (C=O) groups is 1. The van der Waals surface area contributed by atoms with Crippen LogP contribution in [0.15, 0.2) is 82.2 Å². The lowest BCUT2D eigenvalue weighted by Gasteiger charge is -2.23. The van der Waals surface area contributed by atoms with E-state index in [-0.39, 0.29) is 17.5 Å². The van der Waals surface area contributed by atoms with Gasteiger partial charge in [0.15, 0.2) is 0 Å². The lowest BCUT2D eigenvalue weighted by atomic mass is 10.1. The van der Waals surface area contributed by atoms with Gasteiger partial charge in [0, 0.05) is 16.0 Å². The number of hydrogen-bond acceptors (Lipinski definition) is 3. The molecule has 1 N–H and O–H groups in total. The second kappa shape index (κ2) is 10.6. The van der Waals surface area contributed by atoms with Gasteiger partial charge in [-0.05, 0) is 66.6 Å². The van der Waals surface area contributed by atoms with E-state index in [0.29, 0.717) is 10.6 Å². The molecule has 1 amide bonds. The van der Waals surface area contributed by atoms with E-state index in [2.05, 4.69) is 21.2 Å². The molecule has 1 atom stereocenters. The standard InChI is InChI=1S/C23H21BrClFN2O3S/c1-16(18-4-6-19(24)7-5-18)27-23(29)15-28(14-17-2-10-21(26)11-3-17)32(30,31)22-12-8-20(25)9-13-22/h2-13,16H,14-15H2,1H3,(H,27,29)/t16-/m1/s1. The van der Waals surface area contributed by atoms with Crippen molar-refractivity contribution in [2.45, 2.75) is 24.4 Å². The molecule has 0 bridgehead atoms. The Hall–Kier alpha value is -2.26. The molecule has 0 radical (unpaired) electrons. The Morgan fingerprint density at radius 1 is 1.03 bits per heavy atom. The minimum atomic E-state index is -4.01. The second-order valence-corrected chi connectivity index (χ2v) is 10.5. The van der Waals surface area contributed by atoms with Crippen molar-refractivity contribution >= 4 is 43.5 Å². The lowest BCUT2D eigenvalue weighted by Crippen LogP contribution is -2.41. The van der Waals surface area contributed by atoms with E-state index in [4.69, 9.17) is 11.6 Å². The van der Waals surface area contributed by atoms with Gasteiger partial charge < -0.3 is 5.32 Å². The van der Waals surface area contributed by atoms with Crippen LogP contribution < -0.4 is 5.32 Å². The Bertz CT molecular complexity index is 1170. The van der Waals surface area contributed by atoms with Gasteiger partial charge in [0.05, 0.1) is 17.5 Å². The molecule has 0 spiro atoms. The third-order valence-electron chi connectivity index (χ3n) is 4.79. The number of rotatable bonds is 8. The Morgan fingerprint density at radius 2 is 1.62 bits per heavy atom. The fourth-order valence-electron chi connectivity index (χ4n) is 3.06. The van der Waals surface area contributed by atoms with Crippen LogP contribution in [0.5, 0.6) is 0 Å². The van der Waals surface area contributed by atoms with Crippen molar-refractivity contribution in [3.63, 3.8) is 0 Å². The van der Waals surface area contributed by atoms with Crippen molar-refractivity contribution < 1.29 is 17.6 Å². The molecule has 32 heavy (non-hydrogen) atoms. The largest absolute Gasteiger partial charge is 0.348 e. The van der Waals surface area contributed by atoms with Gasteiger partial charge >= 0.3 is 0 Å². The summed E-state index contributed by atoms with van der Waals surface area (Å²) in [5, 5.41) is 3.23. The number of nitrogens with zero attached hydrogens (tertiary/aromatic N) is 1. The first-order valence-electron chi connectivity index (χ1n) is 9.70. The summed E-state index contributed by atoms with van der Waals surface area (Å²) in [5.41, 5.74) is 1.44. The van der Waals surface area contributed by atoms with E-state index < -0.39 is 28.3 Å². The summed E-state index contributed by atoms with van der Waals surface area (Å²) in [7, 11) is -4.01. The third kappa shape index (κ3) is 6.38. The number of benzene rings is 3. The summed E-state index contributed by atoms with van der Waals surface area (Å²) in [5.74, 6) is -0.887. The highest BCUT2D eigenvalue weighted by atomic mass is 79.9. The predicted molar refractivity (Wildman–Crippen MR) is 126 cm³/mol. The van der Waals surface area contributed by atoms with E-state index in [1.165, 1.54) is 48.5 Å². The maximum atomic E-state index is 13.3. The van der Waals surface area contributed by atoms with Gasteiger partial charge in [-0.1, -0.05) is 51.8 Å². The Kier molecular flexibility index (Phi) is 8.05. The van der Waals surface area contributed by atoms with Crippen molar-refractivity contribution in [1.82, 2.24) is 9.62 Å². The normalized spacial score (nSPS) is 12.5. The molecular weight excluding hydrogens is 519 g/mol. The average Bonchev–Trinajstić information content (AvgIpc) is 2.75. The van der Waals surface area contributed by atoms with Crippen LogP contribution in [-0.2, 0) is 21.4 Å². The minimum absolute atomic E-state index is 0.0118. The first-order valence-corrected chi connectivity index (χ1v) is 12.3. The first-order chi connectivity index (χ1) is 15.1. The molecule has 0 fully saturated rings. The summed E-state index contributed by atoms with van der Waals surface area (Å²) in [6, 6.07) is 18.3. The molecule has 5 nitrogen and oxygen atoms in total. The molecule has 0 heterocycles. The van der Waals surface area contributed by atoms with Gasteiger partial charge in [-0.3, -0.25) is 4.79 Å². The molecule has 0 saturated heterocycles. The molecule has 0 unspecified atom stereocenters. The van der Waals surface area contributed by atoms with Crippen LogP contribution in [0, 0.1) is 5.82 Å². The number of sulfonamides is 1. The van der Waals surface area contributed by atoms with E-state index in [0.717, 1.165) is 14.3 Å². The highest BCUT2D eigenvalue weighted by molar-refractivity contribution is 9.10. The average molecular weight is 540 g/mol. The fourth-order valence-corrected chi connectivity index (χ4v) is 4.83. The second-order valence-electron chi connectivity index (χ2n) is 7.19. The van der Waals surface area contributed by atoms with Crippen LogP contribution in [0.3, 0.4) is 0 Å².